The molecule has 86 valence electrons. The van der Waals surface area contributed by atoms with Gasteiger partial charge in [-0.3, -0.25) is 9.59 Å². The van der Waals surface area contributed by atoms with Gasteiger partial charge in [0.15, 0.2) is 5.92 Å². The van der Waals surface area contributed by atoms with E-state index in [1.807, 2.05) is 19.1 Å². The van der Waals surface area contributed by atoms with Crippen molar-refractivity contribution < 1.29 is 19.1 Å². The van der Waals surface area contributed by atoms with E-state index in [-0.39, 0.29) is 0 Å². The van der Waals surface area contributed by atoms with Gasteiger partial charge in [-0.25, -0.2) is 0 Å². The SMILES string of the molecule is C/C=C\CCCC(C(=O)OC)C(=O)OC. The molecule has 4 heteroatoms. The fraction of sp³-hybridized carbons (Fsp3) is 0.636. The fourth-order valence-corrected chi connectivity index (χ4v) is 1.22. The molecular weight excluding hydrogens is 196 g/mol. The molecule has 0 aromatic heterocycles. The lowest BCUT2D eigenvalue weighted by Crippen LogP contribution is -2.26. The number of hydrogen-bond acceptors (Lipinski definition) is 4. The third kappa shape index (κ3) is 5.20. The number of allylic oxidation sites excluding steroid dienone is 2. The van der Waals surface area contributed by atoms with Crippen molar-refractivity contribution in [1.82, 2.24) is 0 Å². The van der Waals surface area contributed by atoms with E-state index in [1.54, 1.807) is 0 Å². The van der Waals surface area contributed by atoms with Gasteiger partial charge in [0.05, 0.1) is 14.2 Å². The molecule has 0 aliphatic carbocycles. The van der Waals surface area contributed by atoms with Crippen LogP contribution in [0.5, 0.6) is 0 Å². The van der Waals surface area contributed by atoms with Crippen molar-refractivity contribution in [1.29, 1.82) is 0 Å². The highest BCUT2D eigenvalue weighted by molar-refractivity contribution is 5.94. The van der Waals surface area contributed by atoms with E-state index in [0.29, 0.717) is 6.42 Å². The van der Waals surface area contributed by atoms with Gasteiger partial charge in [0.25, 0.3) is 0 Å². The Morgan fingerprint density at radius 3 is 2.13 bits per heavy atom. The molecule has 0 spiro atoms. The van der Waals surface area contributed by atoms with Crippen LogP contribution in [0.25, 0.3) is 0 Å². The van der Waals surface area contributed by atoms with Gasteiger partial charge in [0.1, 0.15) is 0 Å². The van der Waals surface area contributed by atoms with Gasteiger partial charge in [-0.1, -0.05) is 12.2 Å². The number of carbonyl (C=O) groups excluding carboxylic acids is 2. The van der Waals surface area contributed by atoms with E-state index >= 15 is 0 Å². The molecule has 0 bridgehead atoms. The van der Waals surface area contributed by atoms with Crippen LogP contribution in [0.2, 0.25) is 0 Å². The first-order valence-corrected chi connectivity index (χ1v) is 4.94. The molecule has 0 fully saturated rings. The lowest BCUT2D eigenvalue weighted by molar-refractivity contribution is -0.159. The van der Waals surface area contributed by atoms with Crippen LogP contribution in [0, 0.1) is 5.92 Å². The number of esters is 2. The zero-order valence-corrected chi connectivity index (χ0v) is 9.49. The summed E-state index contributed by atoms with van der Waals surface area (Å²) in [7, 11) is 2.54. The van der Waals surface area contributed by atoms with Crippen LogP contribution in [-0.2, 0) is 19.1 Å². The highest BCUT2D eigenvalue weighted by Crippen LogP contribution is 2.12. The van der Waals surface area contributed by atoms with Gasteiger partial charge in [-0.05, 0) is 26.2 Å². The number of hydrogen-bond donors (Lipinski definition) is 0. The van der Waals surface area contributed by atoms with Crippen molar-refractivity contribution in [2.24, 2.45) is 5.92 Å². The van der Waals surface area contributed by atoms with E-state index in [9.17, 15) is 9.59 Å². The van der Waals surface area contributed by atoms with Gasteiger partial charge in [-0.2, -0.15) is 0 Å². The summed E-state index contributed by atoms with van der Waals surface area (Å²) in [5, 5.41) is 0. The second kappa shape index (κ2) is 8.03. The molecule has 0 aromatic carbocycles. The van der Waals surface area contributed by atoms with Crippen molar-refractivity contribution in [3.05, 3.63) is 12.2 Å². The van der Waals surface area contributed by atoms with Crippen LogP contribution >= 0.6 is 0 Å². The lowest BCUT2D eigenvalue weighted by Gasteiger charge is -2.11. The molecule has 0 aliphatic rings. The Morgan fingerprint density at radius 2 is 1.73 bits per heavy atom. The summed E-state index contributed by atoms with van der Waals surface area (Å²) in [6, 6.07) is 0. The number of carbonyl (C=O) groups is 2. The molecule has 4 nitrogen and oxygen atoms in total. The maximum Gasteiger partial charge on any atom is 0.320 e. The smallest absolute Gasteiger partial charge is 0.320 e. The molecule has 0 amide bonds. The third-order valence-electron chi connectivity index (χ3n) is 2.07. The van der Waals surface area contributed by atoms with Crippen LogP contribution < -0.4 is 0 Å². The first kappa shape index (κ1) is 13.7. The molecule has 0 rings (SSSR count). The van der Waals surface area contributed by atoms with Gasteiger partial charge in [-0.15, -0.1) is 0 Å². The standard InChI is InChI=1S/C11H18O4/c1-4-5-6-7-8-9(10(12)14-2)11(13)15-3/h4-5,9H,6-8H2,1-3H3/b5-4-. The monoisotopic (exact) mass is 214 g/mol. The first-order chi connectivity index (χ1) is 7.17. The number of rotatable bonds is 6. The van der Waals surface area contributed by atoms with E-state index in [4.69, 9.17) is 0 Å². The highest BCUT2D eigenvalue weighted by atomic mass is 16.5. The van der Waals surface area contributed by atoms with Crippen LogP contribution in [-0.4, -0.2) is 26.2 Å². The zero-order chi connectivity index (χ0) is 11.7. The minimum atomic E-state index is -0.787. The van der Waals surface area contributed by atoms with Crippen LogP contribution in [0.1, 0.15) is 26.2 Å². The van der Waals surface area contributed by atoms with Crippen LogP contribution in [0.4, 0.5) is 0 Å². The Kier molecular flexibility index (Phi) is 7.32. The maximum absolute atomic E-state index is 11.2. The van der Waals surface area contributed by atoms with Crippen molar-refractivity contribution in [2.75, 3.05) is 14.2 Å². The second-order valence-corrected chi connectivity index (χ2v) is 3.10. The molecule has 0 aromatic rings. The van der Waals surface area contributed by atoms with Crippen LogP contribution in [0.15, 0.2) is 12.2 Å². The van der Waals surface area contributed by atoms with Crippen LogP contribution in [0.3, 0.4) is 0 Å². The first-order valence-electron chi connectivity index (χ1n) is 4.94. The Morgan fingerprint density at radius 1 is 1.20 bits per heavy atom. The summed E-state index contributed by atoms with van der Waals surface area (Å²) in [5.41, 5.74) is 0. The predicted molar refractivity (Wildman–Crippen MR) is 56.2 cm³/mol. The molecule has 0 N–H and O–H groups in total. The Balaban J connectivity index is 4.13. The molecule has 0 saturated carbocycles. The van der Waals surface area contributed by atoms with Gasteiger partial charge < -0.3 is 9.47 Å². The van der Waals surface area contributed by atoms with E-state index in [2.05, 4.69) is 9.47 Å². The largest absolute Gasteiger partial charge is 0.468 e. The summed E-state index contributed by atoms with van der Waals surface area (Å²) in [4.78, 5) is 22.5. The second-order valence-electron chi connectivity index (χ2n) is 3.10. The maximum atomic E-state index is 11.2. The van der Waals surface area contributed by atoms with Crippen molar-refractivity contribution >= 4 is 11.9 Å². The predicted octanol–water partition coefficient (Wildman–Crippen LogP) is 1.70. The Hall–Kier alpha value is -1.32. The highest BCUT2D eigenvalue weighted by Gasteiger charge is 2.27. The minimum absolute atomic E-state index is 0.462. The summed E-state index contributed by atoms with van der Waals surface area (Å²) in [5.74, 6) is -1.84. The molecular formula is C11H18O4. The van der Waals surface area contributed by atoms with E-state index in [1.165, 1.54) is 14.2 Å². The topological polar surface area (TPSA) is 52.6 Å². The van der Waals surface area contributed by atoms with Crippen molar-refractivity contribution in [2.45, 2.75) is 26.2 Å². The Bertz CT molecular complexity index is 217. The number of ether oxygens (including phenoxy) is 2. The summed E-state index contributed by atoms with van der Waals surface area (Å²) in [6.07, 6.45) is 6.00. The quantitative estimate of drug-likeness (QED) is 0.292. The summed E-state index contributed by atoms with van der Waals surface area (Å²) >= 11 is 0. The van der Waals surface area contributed by atoms with Gasteiger partial charge in [0, 0.05) is 0 Å². The normalized spacial score (nSPS) is 10.7. The average molecular weight is 214 g/mol. The molecule has 0 radical (unpaired) electrons. The van der Waals surface area contributed by atoms with Gasteiger partial charge >= 0.3 is 11.9 Å². The zero-order valence-electron chi connectivity index (χ0n) is 9.49. The molecule has 0 atom stereocenters. The lowest BCUT2D eigenvalue weighted by atomic mass is 10.0. The number of methoxy groups -OCH3 is 2. The minimum Gasteiger partial charge on any atom is -0.468 e. The number of unbranched alkanes of at least 4 members (excludes halogenated alkanes) is 1. The summed E-state index contributed by atoms with van der Waals surface area (Å²) < 4.78 is 9.07. The van der Waals surface area contributed by atoms with E-state index in [0.717, 1.165) is 12.8 Å². The molecule has 15 heavy (non-hydrogen) atoms. The molecule has 0 unspecified atom stereocenters. The summed E-state index contributed by atoms with van der Waals surface area (Å²) in [6.45, 7) is 1.93. The molecule has 0 saturated heterocycles. The Labute approximate surface area is 90.2 Å². The average Bonchev–Trinajstić information content (AvgIpc) is 2.27. The molecule has 0 aliphatic heterocycles. The molecule has 0 heterocycles. The van der Waals surface area contributed by atoms with Crippen molar-refractivity contribution in [3.63, 3.8) is 0 Å². The fourth-order valence-electron chi connectivity index (χ4n) is 1.22. The van der Waals surface area contributed by atoms with Crippen molar-refractivity contribution in [3.8, 4) is 0 Å². The van der Waals surface area contributed by atoms with E-state index < -0.39 is 17.9 Å². The van der Waals surface area contributed by atoms with Gasteiger partial charge in [0.2, 0.25) is 0 Å². The third-order valence-corrected chi connectivity index (χ3v) is 2.07.